The summed E-state index contributed by atoms with van der Waals surface area (Å²) < 4.78 is 26.3. The maximum absolute atomic E-state index is 13.2. The molecule has 2 rings (SSSR count). The number of aromatic nitrogens is 1. The maximum atomic E-state index is 13.2. The molecule has 1 unspecified atom stereocenters. The second-order valence-corrected chi connectivity index (χ2v) is 4.08. The van der Waals surface area contributed by atoms with Crippen LogP contribution < -0.4 is 5.73 Å². The predicted molar refractivity (Wildman–Crippen MR) is 66.0 cm³/mol. The van der Waals surface area contributed by atoms with Crippen LogP contribution >= 0.6 is 0 Å². The van der Waals surface area contributed by atoms with Crippen LogP contribution in [0.3, 0.4) is 0 Å². The minimum absolute atomic E-state index is 0.390. The van der Waals surface area contributed by atoms with Crippen LogP contribution in [0.1, 0.15) is 29.8 Å². The Bertz CT molecular complexity index is 535. The summed E-state index contributed by atoms with van der Waals surface area (Å²) in [5, 5.41) is 0. The lowest BCUT2D eigenvalue weighted by molar-refractivity contribution is 0.576. The van der Waals surface area contributed by atoms with Crippen molar-refractivity contribution in [3.63, 3.8) is 0 Å². The first-order valence-corrected chi connectivity index (χ1v) is 5.77. The number of rotatable bonds is 3. The van der Waals surface area contributed by atoms with Crippen molar-refractivity contribution in [1.29, 1.82) is 0 Å². The van der Waals surface area contributed by atoms with Crippen LogP contribution in [-0.2, 0) is 6.42 Å². The van der Waals surface area contributed by atoms with Gasteiger partial charge in [-0.3, -0.25) is 4.98 Å². The zero-order valence-electron chi connectivity index (χ0n) is 10.0. The number of nitrogens with zero attached hydrogens (tertiary/aromatic N) is 1. The van der Waals surface area contributed by atoms with E-state index in [2.05, 4.69) is 4.98 Å². The van der Waals surface area contributed by atoms with Crippen molar-refractivity contribution in [2.24, 2.45) is 5.73 Å². The summed E-state index contributed by atoms with van der Waals surface area (Å²) in [6.07, 6.45) is 2.40. The van der Waals surface area contributed by atoms with Crippen molar-refractivity contribution in [2.45, 2.75) is 19.4 Å². The molecular formula is C14H14F2N2. The lowest BCUT2D eigenvalue weighted by Gasteiger charge is -2.15. The molecule has 18 heavy (non-hydrogen) atoms. The molecule has 0 aliphatic heterocycles. The predicted octanol–water partition coefficient (Wildman–Crippen LogP) is 2.97. The molecule has 2 aromatic rings. The molecule has 4 heteroatoms. The number of pyridine rings is 1. The highest BCUT2D eigenvalue weighted by Crippen LogP contribution is 2.22. The molecule has 0 saturated carbocycles. The normalized spacial score (nSPS) is 12.4. The molecule has 0 radical (unpaired) electrons. The maximum Gasteiger partial charge on any atom is 0.126 e. The van der Waals surface area contributed by atoms with E-state index in [1.165, 1.54) is 12.1 Å². The summed E-state index contributed by atoms with van der Waals surface area (Å²) in [5.74, 6) is -1.26. The summed E-state index contributed by atoms with van der Waals surface area (Å²) >= 11 is 0. The Hall–Kier alpha value is -1.81. The summed E-state index contributed by atoms with van der Waals surface area (Å²) in [7, 11) is 0. The third kappa shape index (κ3) is 2.54. The molecule has 2 nitrogen and oxygen atoms in total. The van der Waals surface area contributed by atoms with Crippen LogP contribution in [0.15, 0.2) is 36.5 Å². The molecule has 1 aromatic carbocycles. The van der Waals surface area contributed by atoms with Crippen LogP contribution in [-0.4, -0.2) is 4.98 Å². The van der Waals surface area contributed by atoms with E-state index in [9.17, 15) is 8.78 Å². The second kappa shape index (κ2) is 5.23. The van der Waals surface area contributed by atoms with Crippen LogP contribution in [0.5, 0.6) is 0 Å². The van der Waals surface area contributed by atoms with Crippen molar-refractivity contribution >= 4 is 0 Å². The molecule has 0 aliphatic carbocycles. The van der Waals surface area contributed by atoms with Crippen LogP contribution in [0.4, 0.5) is 8.78 Å². The zero-order chi connectivity index (χ0) is 13.1. The molecule has 0 fully saturated rings. The van der Waals surface area contributed by atoms with E-state index < -0.39 is 17.7 Å². The van der Waals surface area contributed by atoms with Gasteiger partial charge in [0.1, 0.15) is 11.6 Å². The van der Waals surface area contributed by atoms with Gasteiger partial charge < -0.3 is 5.73 Å². The molecule has 1 aromatic heterocycles. The summed E-state index contributed by atoms with van der Waals surface area (Å²) in [4.78, 5) is 4.22. The number of hydrogen-bond acceptors (Lipinski definition) is 2. The number of aryl methyl sites for hydroxylation is 1. The topological polar surface area (TPSA) is 38.9 Å². The summed E-state index contributed by atoms with van der Waals surface area (Å²) in [5.41, 5.74) is 8.06. The lowest BCUT2D eigenvalue weighted by Crippen LogP contribution is -2.16. The van der Waals surface area contributed by atoms with Gasteiger partial charge in [0, 0.05) is 12.3 Å². The Labute approximate surface area is 104 Å². The fourth-order valence-corrected chi connectivity index (χ4v) is 1.94. The Morgan fingerprint density at radius 2 is 1.89 bits per heavy atom. The van der Waals surface area contributed by atoms with Gasteiger partial charge in [0.25, 0.3) is 0 Å². The first kappa shape index (κ1) is 12.6. The number of nitrogens with two attached hydrogens (primary N) is 1. The fourth-order valence-electron chi connectivity index (χ4n) is 1.94. The van der Waals surface area contributed by atoms with E-state index >= 15 is 0 Å². The third-order valence-electron chi connectivity index (χ3n) is 2.85. The van der Waals surface area contributed by atoms with E-state index in [0.29, 0.717) is 11.3 Å². The molecule has 0 spiro atoms. The monoisotopic (exact) mass is 248 g/mol. The van der Waals surface area contributed by atoms with E-state index in [0.717, 1.165) is 18.1 Å². The van der Waals surface area contributed by atoms with Gasteiger partial charge in [-0.25, -0.2) is 8.78 Å². The van der Waals surface area contributed by atoms with Gasteiger partial charge in [0.05, 0.1) is 11.7 Å². The van der Waals surface area contributed by atoms with Gasteiger partial charge in [0.15, 0.2) is 0 Å². The highest BCUT2D eigenvalue weighted by Gasteiger charge is 2.15. The molecule has 1 heterocycles. The molecule has 0 aliphatic rings. The minimum atomic E-state index is -0.630. The summed E-state index contributed by atoms with van der Waals surface area (Å²) in [6, 6.07) is 6.42. The average molecular weight is 248 g/mol. The van der Waals surface area contributed by atoms with Gasteiger partial charge in [-0.05, 0) is 35.7 Å². The van der Waals surface area contributed by atoms with E-state index in [4.69, 9.17) is 5.73 Å². The third-order valence-corrected chi connectivity index (χ3v) is 2.85. The molecular weight excluding hydrogens is 234 g/mol. The standard InChI is InChI=1S/C14H14F2N2/c1-2-9-4-3-5-18-14(9)13(17)10-6-11(15)8-12(16)7-10/h3-8,13H,2,17H2,1H3. The van der Waals surface area contributed by atoms with Gasteiger partial charge in [-0.15, -0.1) is 0 Å². The van der Waals surface area contributed by atoms with Crippen molar-refractivity contribution in [1.82, 2.24) is 4.98 Å². The van der Waals surface area contributed by atoms with E-state index in [-0.39, 0.29) is 0 Å². The molecule has 94 valence electrons. The van der Waals surface area contributed by atoms with Crippen LogP contribution in [0.2, 0.25) is 0 Å². The molecule has 2 N–H and O–H groups in total. The van der Waals surface area contributed by atoms with E-state index in [1.54, 1.807) is 6.20 Å². The smallest absolute Gasteiger partial charge is 0.126 e. The molecule has 0 amide bonds. The Kier molecular flexibility index (Phi) is 3.67. The van der Waals surface area contributed by atoms with Crippen molar-refractivity contribution < 1.29 is 8.78 Å². The number of benzene rings is 1. The largest absolute Gasteiger partial charge is 0.319 e. The SMILES string of the molecule is CCc1cccnc1C(N)c1cc(F)cc(F)c1. The lowest BCUT2D eigenvalue weighted by atomic mass is 9.99. The van der Waals surface area contributed by atoms with Crippen LogP contribution in [0.25, 0.3) is 0 Å². The molecule has 0 saturated heterocycles. The average Bonchev–Trinajstić information content (AvgIpc) is 2.36. The van der Waals surface area contributed by atoms with Crippen molar-refractivity contribution in [3.8, 4) is 0 Å². The van der Waals surface area contributed by atoms with Gasteiger partial charge in [0.2, 0.25) is 0 Å². The molecule has 1 atom stereocenters. The Balaban J connectivity index is 2.44. The second-order valence-electron chi connectivity index (χ2n) is 4.08. The number of hydrogen-bond donors (Lipinski definition) is 1. The Morgan fingerprint density at radius 1 is 1.22 bits per heavy atom. The fraction of sp³-hybridized carbons (Fsp3) is 0.214. The first-order valence-electron chi connectivity index (χ1n) is 5.77. The van der Waals surface area contributed by atoms with Crippen molar-refractivity contribution in [3.05, 3.63) is 65.0 Å². The molecule has 0 bridgehead atoms. The first-order chi connectivity index (χ1) is 8.61. The summed E-state index contributed by atoms with van der Waals surface area (Å²) in [6.45, 7) is 1.99. The highest BCUT2D eigenvalue weighted by atomic mass is 19.1. The van der Waals surface area contributed by atoms with Gasteiger partial charge in [-0.2, -0.15) is 0 Å². The quantitative estimate of drug-likeness (QED) is 0.907. The van der Waals surface area contributed by atoms with E-state index in [1.807, 2.05) is 19.1 Å². The van der Waals surface area contributed by atoms with Crippen LogP contribution in [0, 0.1) is 11.6 Å². The van der Waals surface area contributed by atoms with Gasteiger partial charge in [-0.1, -0.05) is 13.0 Å². The number of halogens is 2. The van der Waals surface area contributed by atoms with Gasteiger partial charge >= 0.3 is 0 Å². The highest BCUT2D eigenvalue weighted by molar-refractivity contribution is 5.32. The Morgan fingerprint density at radius 3 is 2.50 bits per heavy atom. The minimum Gasteiger partial charge on any atom is -0.319 e. The zero-order valence-corrected chi connectivity index (χ0v) is 10.0. The van der Waals surface area contributed by atoms with Crippen molar-refractivity contribution in [2.75, 3.05) is 0 Å².